The molecule has 1 aromatic heterocycles. The van der Waals surface area contributed by atoms with E-state index in [1.807, 2.05) is 0 Å². The van der Waals surface area contributed by atoms with Gasteiger partial charge in [-0.2, -0.15) is 18.3 Å². The van der Waals surface area contributed by atoms with Crippen molar-refractivity contribution in [3.63, 3.8) is 0 Å². The van der Waals surface area contributed by atoms with Crippen LogP contribution in [0.2, 0.25) is 0 Å². The van der Waals surface area contributed by atoms with Crippen LogP contribution in [0, 0.1) is 13.8 Å². The molecule has 3 rings (SSSR count). The van der Waals surface area contributed by atoms with Gasteiger partial charge in [0.05, 0.1) is 16.2 Å². The molecule has 3 aromatic rings. The second-order valence-corrected chi connectivity index (χ2v) is 7.70. The fraction of sp³-hybridized carbons (Fsp3) is 0.167. The molecule has 0 amide bonds. The Kier molecular flexibility index (Phi) is 4.94. The number of nitrogens with zero attached hydrogens (tertiary/aromatic N) is 1. The Hall–Kier alpha value is -2.85. The van der Waals surface area contributed by atoms with Crippen LogP contribution in [-0.2, 0) is 16.2 Å². The number of rotatable bonds is 4. The smallest absolute Gasteiger partial charge is 0.416 e. The van der Waals surface area contributed by atoms with E-state index < -0.39 is 21.8 Å². The molecule has 6 nitrogen and oxygen atoms in total. The number of hydrogen-bond donors (Lipinski definition) is 2. The lowest BCUT2D eigenvalue weighted by Gasteiger charge is -2.15. The van der Waals surface area contributed by atoms with Gasteiger partial charge in [-0.05, 0) is 55.8 Å². The first-order valence-electron chi connectivity index (χ1n) is 8.00. The van der Waals surface area contributed by atoms with E-state index in [-0.39, 0.29) is 22.0 Å². The first-order valence-corrected chi connectivity index (χ1v) is 9.55. The van der Waals surface area contributed by atoms with Gasteiger partial charge in [0.25, 0.3) is 0 Å². The largest absolute Gasteiger partial charge is 0.457 e. The minimum Gasteiger partial charge on any atom is -0.457 e. The molecule has 148 valence electrons. The summed E-state index contributed by atoms with van der Waals surface area (Å²) in [5, 5.41) is 12.1. The van der Waals surface area contributed by atoms with Crippen molar-refractivity contribution < 1.29 is 26.3 Å². The normalized spacial score (nSPS) is 12.2. The lowest BCUT2D eigenvalue weighted by Crippen LogP contribution is -2.14. The maximum absolute atomic E-state index is 13.0. The van der Waals surface area contributed by atoms with Crippen LogP contribution < -0.4 is 9.88 Å². The Balaban J connectivity index is 2.15. The van der Waals surface area contributed by atoms with E-state index in [4.69, 9.17) is 9.88 Å². The molecule has 0 saturated heterocycles. The third-order valence-electron chi connectivity index (χ3n) is 4.03. The molecule has 0 fully saturated rings. The summed E-state index contributed by atoms with van der Waals surface area (Å²) in [6, 6.07) is 8.64. The molecule has 0 aliphatic carbocycles. The van der Waals surface area contributed by atoms with Gasteiger partial charge in [0, 0.05) is 11.3 Å². The molecule has 0 radical (unpaired) electrons. The van der Waals surface area contributed by atoms with Crippen molar-refractivity contribution in [2.75, 3.05) is 0 Å². The Morgan fingerprint density at radius 3 is 2.39 bits per heavy atom. The van der Waals surface area contributed by atoms with Gasteiger partial charge in [-0.25, -0.2) is 13.6 Å². The van der Waals surface area contributed by atoms with E-state index in [9.17, 15) is 21.6 Å². The van der Waals surface area contributed by atoms with Crippen molar-refractivity contribution in [1.29, 1.82) is 0 Å². The molecule has 10 heteroatoms. The molecule has 0 aliphatic heterocycles. The standard InChI is InChI=1S/C18H16F3N3O3S/c1-10-8-14(24-23-10)17-11(2)16(28(22,25)26)7-6-15(17)27-13-5-3-4-12(9-13)18(19,20)21/h3-9H,1-2H3,(H,23,24)(H2,22,25,26). The molecular weight excluding hydrogens is 395 g/mol. The highest BCUT2D eigenvalue weighted by Crippen LogP contribution is 2.39. The Morgan fingerprint density at radius 2 is 1.82 bits per heavy atom. The van der Waals surface area contributed by atoms with E-state index in [1.54, 1.807) is 13.0 Å². The maximum atomic E-state index is 13.0. The van der Waals surface area contributed by atoms with E-state index in [2.05, 4.69) is 10.2 Å². The quantitative estimate of drug-likeness (QED) is 0.674. The van der Waals surface area contributed by atoms with E-state index in [0.717, 1.165) is 12.1 Å². The van der Waals surface area contributed by atoms with Crippen LogP contribution in [-0.4, -0.2) is 18.6 Å². The SMILES string of the molecule is Cc1cc(-c2c(Oc3cccc(C(F)(F)F)c3)ccc(S(N)(=O)=O)c2C)n[nH]1. The summed E-state index contributed by atoms with van der Waals surface area (Å²) in [5.41, 5.74) is 0.815. The van der Waals surface area contributed by atoms with E-state index in [0.29, 0.717) is 17.0 Å². The van der Waals surface area contributed by atoms with Gasteiger partial charge in [-0.15, -0.1) is 0 Å². The zero-order chi connectivity index (χ0) is 20.7. The zero-order valence-corrected chi connectivity index (χ0v) is 15.6. The first-order chi connectivity index (χ1) is 13.0. The molecule has 0 bridgehead atoms. The number of H-pyrrole nitrogens is 1. The number of primary sulfonamides is 1. The first kappa shape index (κ1) is 19.9. The minimum atomic E-state index is -4.52. The fourth-order valence-corrected chi connectivity index (χ4v) is 3.57. The fourth-order valence-electron chi connectivity index (χ4n) is 2.79. The Morgan fingerprint density at radius 1 is 1.11 bits per heavy atom. The number of sulfonamides is 1. The van der Waals surface area contributed by atoms with Crippen molar-refractivity contribution in [2.45, 2.75) is 24.9 Å². The molecule has 28 heavy (non-hydrogen) atoms. The van der Waals surface area contributed by atoms with Crippen LogP contribution in [0.4, 0.5) is 13.2 Å². The molecule has 0 saturated carbocycles. The number of aryl methyl sites for hydroxylation is 1. The molecule has 0 unspecified atom stereocenters. The van der Waals surface area contributed by atoms with Crippen LogP contribution in [0.5, 0.6) is 11.5 Å². The zero-order valence-electron chi connectivity index (χ0n) is 14.8. The molecular formula is C18H16F3N3O3S. The van der Waals surface area contributed by atoms with E-state index >= 15 is 0 Å². The third-order valence-corrected chi connectivity index (χ3v) is 5.09. The van der Waals surface area contributed by atoms with Gasteiger partial charge in [-0.1, -0.05) is 6.07 Å². The summed E-state index contributed by atoms with van der Waals surface area (Å²) in [6.45, 7) is 3.28. The van der Waals surface area contributed by atoms with Crippen molar-refractivity contribution >= 4 is 10.0 Å². The highest BCUT2D eigenvalue weighted by Gasteiger charge is 2.31. The summed E-state index contributed by atoms with van der Waals surface area (Å²) in [6.07, 6.45) is -4.52. The van der Waals surface area contributed by atoms with Gasteiger partial charge < -0.3 is 4.74 Å². The summed E-state index contributed by atoms with van der Waals surface area (Å²) in [4.78, 5) is -0.125. The minimum absolute atomic E-state index is 0.0499. The van der Waals surface area contributed by atoms with Crippen molar-refractivity contribution in [1.82, 2.24) is 10.2 Å². The lowest BCUT2D eigenvalue weighted by atomic mass is 10.0. The number of benzene rings is 2. The van der Waals surface area contributed by atoms with E-state index in [1.165, 1.54) is 31.2 Å². The number of hydrogen-bond acceptors (Lipinski definition) is 4. The average Bonchev–Trinajstić information content (AvgIpc) is 2.99. The number of aromatic nitrogens is 2. The van der Waals surface area contributed by atoms with Gasteiger partial charge >= 0.3 is 6.18 Å². The molecule has 0 atom stereocenters. The Labute approximate surface area is 159 Å². The molecule has 1 heterocycles. The number of ether oxygens (including phenoxy) is 1. The van der Waals surface area contributed by atoms with Crippen LogP contribution >= 0.6 is 0 Å². The summed E-state index contributed by atoms with van der Waals surface area (Å²) >= 11 is 0. The predicted molar refractivity (Wildman–Crippen MR) is 96.4 cm³/mol. The van der Waals surface area contributed by atoms with Crippen LogP contribution in [0.25, 0.3) is 11.3 Å². The second-order valence-electron chi connectivity index (χ2n) is 6.17. The number of alkyl halides is 3. The number of nitrogens with two attached hydrogens (primary N) is 1. The lowest BCUT2D eigenvalue weighted by molar-refractivity contribution is -0.137. The highest BCUT2D eigenvalue weighted by molar-refractivity contribution is 7.89. The average molecular weight is 411 g/mol. The van der Waals surface area contributed by atoms with Crippen molar-refractivity contribution in [3.05, 3.63) is 59.3 Å². The molecule has 0 aliphatic rings. The monoisotopic (exact) mass is 411 g/mol. The van der Waals surface area contributed by atoms with Crippen LogP contribution in [0.15, 0.2) is 47.4 Å². The summed E-state index contributed by atoms with van der Waals surface area (Å²) < 4.78 is 68.2. The van der Waals surface area contributed by atoms with Crippen LogP contribution in [0.1, 0.15) is 16.8 Å². The molecule has 3 N–H and O–H groups in total. The number of aromatic amines is 1. The van der Waals surface area contributed by atoms with Crippen LogP contribution in [0.3, 0.4) is 0 Å². The predicted octanol–water partition coefficient (Wildman–Crippen LogP) is 4.15. The Bertz CT molecular complexity index is 1140. The third kappa shape index (κ3) is 4.02. The van der Waals surface area contributed by atoms with Gasteiger partial charge in [0.2, 0.25) is 10.0 Å². The summed E-state index contributed by atoms with van der Waals surface area (Å²) in [7, 11) is -4.02. The van der Waals surface area contributed by atoms with Gasteiger partial charge in [-0.3, -0.25) is 5.10 Å². The van der Waals surface area contributed by atoms with Crippen molar-refractivity contribution in [2.24, 2.45) is 5.14 Å². The topological polar surface area (TPSA) is 98.1 Å². The number of nitrogens with one attached hydrogen (secondary N) is 1. The van der Waals surface area contributed by atoms with Gasteiger partial charge in [0.1, 0.15) is 11.5 Å². The molecule has 2 aromatic carbocycles. The molecule has 0 spiro atoms. The van der Waals surface area contributed by atoms with Gasteiger partial charge in [0.15, 0.2) is 0 Å². The number of halogens is 3. The van der Waals surface area contributed by atoms with Crippen molar-refractivity contribution in [3.8, 4) is 22.8 Å². The maximum Gasteiger partial charge on any atom is 0.416 e. The summed E-state index contributed by atoms with van der Waals surface area (Å²) in [5.74, 6) is 0.0989. The second kappa shape index (κ2) is 6.95. The highest BCUT2D eigenvalue weighted by atomic mass is 32.2.